The Balaban J connectivity index is 2.71. The van der Waals surface area contributed by atoms with E-state index < -0.39 is 0 Å². The number of hydrogen-bond donors (Lipinski definition) is 1. The second-order valence-corrected chi connectivity index (χ2v) is 3.88. The number of carbonyl (C=O) groups is 1. The Morgan fingerprint density at radius 3 is 2.54 bits per heavy atom. The van der Waals surface area contributed by atoms with Gasteiger partial charge in [0.05, 0.1) is 6.20 Å². The quantitative estimate of drug-likeness (QED) is 0.632. The van der Waals surface area contributed by atoms with Crippen LogP contribution in [0, 0.1) is 0 Å². The molecular weight excluding hydrogens is 170 g/mol. The average Bonchev–Trinajstić information content (AvgIpc) is 2.32. The summed E-state index contributed by atoms with van der Waals surface area (Å²) in [5, 5.41) is 3.51. The molecule has 5 nitrogen and oxygen atoms in total. The summed E-state index contributed by atoms with van der Waals surface area (Å²) < 4.78 is 4.74. The van der Waals surface area contributed by atoms with Crippen LogP contribution >= 0.6 is 0 Å². The van der Waals surface area contributed by atoms with Crippen molar-refractivity contribution in [3.8, 4) is 0 Å². The van der Waals surface area contributed by atoms with Crippen molar-refractivity contribution in [3.05, 3.63) is 12.1 Å². The minimum atomic E-state index is -0.0533. The highest BCUT2D eigenvalue weighted by Gasteiger charge is 2.27. The third-order valence-electron chi connectivity index (χ3n) is 1.72. The maximum Gasteiger partial charge on any atom is 0.299 e. The minimum Gasteiger partial charge on any atom is -0.409 e. The number of ether oxygens (including phenoxy) is 1. The molecular formula is C8H15N3O2. The molecule has 0 bridgehead atoms. The molecule has 0 amide bonds. The molecule has 5 heteroatoms. The minimum absolute atomic E-state index is 0.0533. The maximum atomic E-state index is 10.1. The lowest BCUT2D eigenvalue weighted by Crippen LogP contribution is -2.48. The number of nitrogens with zero attached hydrogens (tertiary/aromatic N) is 2. The molecule has 1 aliphatic heterocycles. The monoisotopic (exact) mass is 185 g/mol. The molecule has 0 atom stereocenters. The van der Waals surface area contributed by atoms with Crippen LogP contribution in [0.15, 0.2) is 12.1 Å². The topological polar surface area (TPSA) is 44.8 Å². The number of rotatable bonds is 2. The zero-order valence-corrected chi connectivity index (χ0v) is 8.37. The molecule has 0 aromatic rings. The van der Waals surface area contributed by atoms with Crippen LogP contribution in [0.5, 0.6) is 0 Å². The average molecular weight is 185 g/mol. The van der Waals surface area contributed by atoms with Gasteiger partial charge < -0.3 is 4.74 Å². The van der Waals surface area contributed by atoms with Crippen molar-refractivity contribution in [3.63, 3.8) is 0 Å². The fourth-order valence-corrected chi connectivity index (χ4v) is 0.939. The van der Waals surface area contributed by atoms with Gasteiger partial charge in [-0.05, 0) is 20.8 Å². The van der Waals surface area contributed by atoms with Gasteiger partial charge in [0.25, 0.3) is 6.47 Å². The molecule has 0 saturated heterocycles. The molecule has 0 unspecified atom stereocenters. The molecule has 0 aromatic carbocycles. The van der Waals surface area contributed by atoms with Gasteiger partial charge in [-0.25, -0.2) is 0 Å². The van der Waals surface area contributed by atoms with Crippen molar-refractivity contribution in [1.29, 1.82) is 0 Å². The molecule has 0 spiro atoms. The lowest BCUT2D eigenvalue weighted by Gasteiger charge is -2.31. The van der Waals surface area contributed by atoms with E-state index in [0.717, 1.165) is 0 Å². The third kappa shape index (κ3) is 2.12. The maximum absolute atomic E-state index is 10.1. The second kappa shape index (κ2) is 3.26. The Kier molecular flexibility index (Phi) is 2.47. The van der Waals surface area contributed by atoms with Gasteiger partial charge in [0.15, 0.2) is 0 Å². The summed E-state index contributed by atoms with van der Waals surface area (Å²) in [5.74, 6) is 0.491. The van der Waals surface area contributed by atoms with Crippen LogP contribution in [0.1, 0.15) is 20.8 Å². The molecule has 0 aromatic heterocycles. The molecule has 0 aliphatic carbocycles. The van der Waals surface area contributed by atoms with Gasteiger partial charge in [-0.15, -0.1) is 5.53 Å². The van der Waals surface area contributed by atoms with E-state index in [-0.39, 0.29) is 5.54 Å². The second-order valence-electron chi connectivity index (χ2n) is 3.88. The van der Waals surface area contributed by atoms with E-state index in [1.807, 2.05) is 25.8 Å². The number of carbonyl (C=O) groups excluding carboxylic acids is 1. The molecule has 1 heterocycles. The van der Waals surface area contributed by atoms with Crippen molar-refractivity contribution in [1.82, 2.24) is 15.6 Å². The van der Waals surface area contributed by atoms with Crippen molar-refractivity contribution in [2.45, 2.75) is 26.3 Å². The van der Waals surface area contributed by atoms with Crippen LogP contribution in [0.4, 0.5) is 0 Å². The van der Waals surface area contributed by atoms with Crippen LogP contribution in [0.25, 0.3) is 0 Å². The van der Waals surface area contributed by atoms with E-state index in [4.69, 9.17) is 4.74 Å². The van der Waals surface area contributed by atoms with E-state index in [0.29, 0.717) is 12.4 Å². The highest BCUT2D eigenvalue weighted by Crippen LogP contribution is 2.18. The van der Waals surface area contributed by atoms with Crippen LogP contribution in [0.2, 0.25) is 0 Å². The van der Waals surface area contributed by atoms with Gasteiger partial charge in [0, 0.05) is 12.6 Å². The summed E-state index contributed by atoms with van der Waals surface area (Å²) >= 11 is 0. The number of hydrogen-bond acceptors (Lipinski definition) is 5. The lowest BCUT2D eigenvalue weighted by atomic mass is 10.1. The summed E-state index contributed by atoms with van der Waals surface area (Å²) in [4.78, 5) is 10.1. The lowest BCUT2D eigenvalue weighted by molar-refractivity contribution is -0.127. The van der Waals surface area contributed by atoms with Crippen molar-refractivity contribution < 1.29 is 9.53 Å². The molecule has 0 radical (unpaired) electrons. The van der Waals surface area contributed by atoms with E-state index in [1.54, 1.807) is 18.3 Å². The molecule has 74 valence electrons. The normalized spacial score (nSPS) is 17.4. The summed E-state index contributed by atoms with van der Waals surface area (Å²) in [5.41, 5.74) is 2.97. The Morgan fingerprint density at radius 2 is 2.15 bits per heavy atom. The SMILES string of the molecule is CN1NN(C(C)(C)C)C=C1OC=O. The summed E-state index contributed by atoms with van der Waals surface area (Å²) in [6, 6.07) is 0. The van der Waals surface area contributed by atoms with E-state index in [2.05, 4.69) is 5.53 Å². The van der Waals surface area contributed by atoms with Crippen LogP contribution in [-0.2, 0) is 9.53 Å². The zero-order valence-electron chi connectivity index (χ0n) is 8.37. The van der Waals surface area contributed by atoms with Gasteiger partial charge in [-0.2, -0.15) is 0 Å². The molecule has 13 heavy (non-hydrogen) atoms. The van der Waals surface area contributed by atoms with Gasteiger partial charge in [-0.1, -0.05) is 0 Å². The van der Waals surface area contributed by atoms with Gasteiger partial charge in [0.1, 0.15) is 0 Å². The first-order valence-electron chi connectivity index (χ1n) is 4.06. The zero-order chi connectivity index (χ0) is 10.1. The predicted molar refractivity (Wildman–Crippen MR) is 47.7 cm³/mol. The van der Waals surface area contributed by atoms with E-state index in [9.17, 15) is 4.79 Å². The predicted octanol–water partition coefficient (Wildman–Crippen LogP) is 0.424. The van der Waals surface area contributed by atoms with Gasteiger partial charge in [0.2, 0.25) is 5.88 Å². The first-order valence-corrected chi connectivity index (χ1v) is 4.06. The molecule has 1 aliphatic rings. The van der Waals surface area contributed by atoms with Gasteiger partial charge in [-0.3, -0.25) is 14.8 Å². The molecule has 1 rings (SSSR count). The highest BCUT2D eigenvalue weighted by molar-refractivity contribution is 5.39. The van der Waals surface area contributed by atoms with Gasteiger partial charge >= 0.3 is 0 Å². The van der Waals surface area contributed by atoms with Crippen molar-refractivity contribution >= 4 is 6.47 Å². The van der Waals surface area contributed by atoms with Crippen LogP contribution in [-0.4, -0.2) is 29.1 Å². The third-order valence-corrected chi connectivity index (χ3v) is 1.72. The summed E-state index contributed by atoms with van der Waals surface area (Å²) in [7, 11) is 1.78. The number of hydrazine groups is 2. The Labute approximate surface area is 77.9 Å². The first kappa shape index (κ1) is 9.85. The molecule has 0 saturated carbocycles. The summed E-state index contributed by atoms with van der Waals surface area (Å²) in [6.07, 6.45) is 1.74. The highest BCUT2D eigenvalue weighted by atomic mass is 16.5. The largest absolute Gasteiger partial charge is 0.409 e. The standard InChI is InChI=1S/C8H15N3O2/c1-8(2,3)11-5-7(13-6-12)10(4)9-11/h5-6,9H,1-4H3. The smallest absolute Gasteiger partial charge is 0.299 e. The van der Waals surface area contributed by atoms with Crippen molar-refractivity contribution in [2.75, 3.05) is 7.05 Å². The van der Waals surface area contributed by atoms with Crippen molar-refractivity contribution in [2.24, 2.45) is 0 Å². The first-order chi connectivity index (χ1) is 5.95. The van der Waals surface area contributed by atoms with Crippen LogP contribution in [0.3, 0.4) is 0 Å². The fraction of sp³-hybridized carbons (Fsp3) is 0.625. The Morgan fingerprint density at radius 1 is 1.54 bits per heavy atom. The van der Waals surface area contributed by atoms with Crippen LogP contribution < -0.4 is 5.53 Å². The summed E-state index contributed by atoms with van der Waals surface area (Å²) in [6.45, 7) is 6.56. The molecule has 1 N–H and O–H groups in total. The number of nitrogens with one attached hydrogen (secondary N) is 1. The Bertz CT molecular complexity index is 232. The van der Waals surface area contributed by atoms with E-state index >= 15 is 0 Å². The molecule has 0 fully saturated rings. The fourth-order valence-electron chi connectivity index (χ4n) is 0.939. The van der Waals surface area contributed by atoms with E-state index in [1.165, 1.54) is 0 Å². The Hall–Kier alpha value is -1.23.